The Hall–Kier alpha value is -0.160. The van der Waals surface area contributed by atoms with Crippen LogP contribution in [0.4, 0.5) is 0 Å². The maximum atomic E-state index is 5.97. The van der Waals surface area contributed by atoms with Gasteiger partial charge in [0.25, 0.3) is 5.97 Å². The molecular weight excluding hydrogens is 292 g/mol. The van der Waals surface area contributed by atoms with E-state index in [4.69, 9.17) is 18.9 Å². The number of unbranched alkanes of at least 4 members (excludes halogenated alkanes) is 6. The maximum Gasteiger partial charge on any atom is 0.284 e. The van der Waals surface area contributed by atoms with Crippen LogP contribution in [0.2, 0.25) is 0 Å². The van der Waals surface area contributed by atoms with E-state index in [0.717, 1.165) is 32.3 Å². The highest BCUT2D eigenvalue weighted by molar-refractivity contribution is 4.59. The quantitative estimate of drug-likeness (QED) is 0.530. The molecule has 4 nitrogen and oxygen atoms in total. The number of hydrogen-bond acceptors (Lipinski definition) is 4. The third-order valence-electron chi connectivity index (χ3n) is 4.51. The topological polar surface area (TPSA) is 36.9 Å². The van der Waals surface area contributed by atoms with Crippen molar-refractivity contribution in [1.29, 1.82) is 0 Å². The van der Waals surface area contributed by atoms with Crippen molar-refractivity contribution in [1.82, 2.24) is 0 Å². The molecule has 0 amide bonds. The molecule has 1 aliphatic rings. The lowest BCUT2D eigenvalue weighted by atomic mass is 10.1. The van der Waals surface area contributed by atoms with Crippen LogP contribution in [-0.4, -0.2) is 33.1 Å². The van der Waals surface area contributed by atoms with Gasteiger partial charge in [-0.25, -0.2) is 0 Å². The minimum absolute atomic E-state index is 0.254. The molecule has 1 fully saturated rings. The zero-order valence-electron chi connectivity index (χ0n) is 15.4. The third kappa shape index (κ3) is 10.3. The minimum Gasteiger partial charge on any atom is -0.355 e. The van der Waals surface area contributed by atoms with Crippen LogP contribution in [0.15, 0.2) is 0 Å². The molecule has 0 radical (unpaired) electrons. The number of ether oxygens (including phenoxy) is 4. The summed E-state index contributed by atoms with van der Waals surface area (Å²) in [5.41, 5.74) is 0. The molecule has 0 aromatic rings. The summed E-state index contributed by atoms with van der Waals surface area (Å²) in [7, 11) is 1.67. The highest BCUT2D eigenvalue weighted by Gasteiger charge is 2.32. The second kappa shape index (κ2) is 14.2. The molecule has 1 heterocycles. The first-order chi connectivity index (χ1) is 11.3. The second-order valence-corrected chi connectivity index (χ2v) is 6.55. The molecule has 0 aromatic heterocycles. The van der Waals surface area contributed by atoms with Crippen LogP contribution in [0, 0.1) is 0 Å². The van der Waals surface area contributed by atoms with Crippen LogP contribution in [0.3, 0.4) is 0 Å². The summed E-state index contributed by atoms with van der Waals surface area (Å²) in [6.45, 7) is 3.97. The van der Waals surface area contributed by atoms with Gasteiger partial charge < -0.3 is 18.9 Å². The van der Waals surface area contributed by atoms with Gasteiger partial charge in [-0.15, -0.1) is 0 Å². The fourth-order valence-electron chi connectivity index (χ4n) is 2.96. The lowest BCUT2D eigenvalue weighted by Crippen LogP contribution is -2.39. The molecule has 1 atom stereocenters. The lowest BCUT2D eigenvalue weighted by molar-refractivity contribution is -0.393. The number of methoxy groups -OCH3 is 1. The molecule has 0 N–H and O–H groups in total. The summed E-state index contributed by atoms with van der Waals surface area (Å²) < 4.78 is 23.0. The van der Waals surface area contributed by atoms with Gasteiger partial charge in [-0.1, -0.05) is 64.7 Å². The summed E-state index contributed by atoms with van der Waals surface area (Å²) in [5.74, 6) is -0.914. The zero-order valence-corrected chi connectivity index (χ0v) is 15.4. The van der Waals surface area contributed by atoms with Crippen LogP contribution in [0.1, 0.15) is 90.4 Å². The number of rotatable bonds is 9. The van der Waals surface area contributed by atoms with Gasteiger partial charge >= 0.3 is 0 Å². The maximum absolute atomic E-state index is 5.97. The van der Waals surface area contributed by atoms with Gasteiger partial charge in [-0.05, 0) is 19.3 Å². The fraction of sp³-hybridized carbons (Fsp3) is 1.00. The average molecular weight is 331 g/mol. The van der Waals surface area contributed by atoms with Crippen molar-refractivity contribution in [2.45, 2.75) is 96.4 Å². The monoisotopic (exact) mass is 330 g/mol. The van der Waals surface area contributed by atoms with Crippen molar-refractivity contribution in [2.75, 3.05) is 27.1 Å². The zero-order chi connectivity index (χ0) is 16.6. The van der Waals surface area contributed by atoms with Gasteiger partial charge in [0, 0.05) is 20.1 Å². The Labute approximate surface area is 143 Å². The van der Waals surface area contributed by atoms with E-state index in [2.05, 4.69) is 6.92 Å². The Morgan fingerprint density at radius 3 is 2.17 bits per heavy atom. The highest BCUT2D eigenvalue weighted by atomic mass is 16.9. The van der Waals surface area contributed by atoms with E-state index in [1.807, 2.05) is 0 Å². The SMILES string of the molecule is CCCCCCCCCC1(OC)OCCCCCCCOCO1. The molecule has 1 rings (SSSR count). The van der Waals surface area contributed by atoms with Crippen LogP contribution in [0.5, 0.6) is 0 Å². The summed E-state index contributed by atoms with van der Waals surface area (Å²) in [6, 6.07) is 0. The predicted molar refractivity (Wildman–Crippen MR) is 93.3 cm³/mol. The summed E-state index contributed by atoms with van der Waals surface area (Å²) in [6.07, 6.45) is 15.6. The van der Waals surface area contributed by atoms with E-state index in [0.29, 0.717) is 6.61 Å². The van der Waals surface area contributed by atoms with Crippen molar-refractivity contribution in [3.63, 3.8) is 0 Å². The fourth-order valence-corrected chi connectivity index (χ4v) is 2.96. The molecule has 0 aromatic carbocycles. The first-order valence-electron chi connectivity index (χ1n) is 9.74. The Kier molecular flexibility index (Phi) is 12.9. The van der Waals surface area contributed by atoms with Gasteiger partial charge in [0.05, 0.1) is 6.61 Å². The lowest BCUT2D eigenvalue weighted by Gasteiger charge is -2.32. The Bertz CT molecular complexity index is 246. The van der Waals surface area contributed by atoms with E-state index < -0.39 is 5.97 Å². The normalized spacial score (nSPS) is 24.8. The summed E-state index contributed by atoms with van der Waals surface area (Å²) >= 11 is 0. The predicted octanol–water partition coefficient (Wildman–Crippen LogP) is 5.40. The van der Waals surface area contributed by atoms with Crippen molar-refractivity contribution in [3.8, 4) is 0 Å². The van der Waals surface area contributed by atoms with E-state index >= 15 is 0 Å². The first kappa shape index (κ1) is 20.9. The van der Waals surface area contributed by atoms with Crippen molar-refractivity contribution in [2.24, 2.45) is 0 Å². The summed E-state index contributed by atoms with van der Waals surface area (Å²) in [5, 5.41) is 0. The van der Waals surface area contributed by atoms with Crippen LogP contribution in [0.25, 0.3) is 0 Å². The molecule has 4 heteroatoms. The van der Waals surface area contributed by atoms with Crippen LogP contribution >= 0.6 is 0 Å². The second-order valence-electron chi connectivity index (χ2n) is 6.55. The third-order valence-corrected chi connectivity index (χ3v) is 4.51. The number of hydrogen-bond donors (Lipinski definition) is 0. The summed E-state index contributed by atoms with van der Waals surface area (Å²) in [4.78, 5) is 0. The molecule has 1 aliphatic heterocycles. The molecule has 0 aliphatic carbocycles. The van der Waals surface area contributed by atoms with Gasteiger partial charge in [0.1, 0.15) is 0 Å². The van der Waals surface area contributed by atoms with Gasteiger partial charge in [-0.3, -0.25) is 0 Å². The van der Waals surface area contributed by atoms with Gasteiger partial charge in [0.2, 0.25) is 0 Å². The van der Waals surface area contributed by atoms with Gasteiger partial charge in [0.15, 0.2) is 6.79 Å². The highest BCUT2D eigenvalue weighted by Crippen LogP contribution is 2.24. The van der Waals surface area contributed by atoms with E-state index in [1.54, 1.807) is 7.11 Å². The molecule has 138 valence electrons. The smallest absolute Gasteiger partial charge is 0.284 e. The van der Waals surface area contributed by atoms with Crippen molar-refractivity contribution in [3.05, 3.63) is 0 Å². The minimum atomic E-state index is -0.914. The van der Waals surface area contributed by atoms with E-state index in [-0.39, 0.29) is 6.79 Å². The molecule has 0 saturated carbocycles. The standard InChI is InChI=1S/C19H38O4/c1-3-4-5-6-7-9-12-15-19(20-2)22-17-14-11-8-10-13-16-21-18-23-19/h3-18H2,1-2H3. The van der Waals surface area contributed by atoms with Gasteiger partial charge in [-0.2, -0.15) is 0 Å². The molecule has 0 spiro atoms. The van der Waals surface area contributed by atoms with Crippen LogP contribution < -0.4 is 0 Å². The Morgan fingerprint density at radius 1 is 0.783 bits per heavy atom. The van der Waals surface area contributed by atoms with Crippen molar-refractivity contribution >= 4 is 0 Å². The Morgan fingerprint density at radius 2 is 1.43 bits per heavy atom. The molecule has 1 saturated heterocycles. The Balaban J connectivity index is 2.30. The van der Waals surface area contributed by atoms with Crippen molar-refractivity contribution < 1.29 is 18.9 Å². The molecule has 23 heavy (non-hydrogen) atoms. The van der Waals surface area contributed by atoms with E-state index in [1.165, 1.54) is 57.8 Å². The first-order valence-corrected chi connectivity index (χ1v) is 9.74. The van der Waals surface area contributed by atoms with Crippen LogP contribution in [-0.2, 0) is 18.9 Å². The average Bonchev–Trinajstić information content (AvgIpc) is 2.56. The van der Waals surface area contributed by atoms with E-state index in [9.17, 15) is 0 Å². The molecule has 1 unspecified atom stereocenters. The largest absolute Gasteiger partial charge is 0.355 e. The molecular formula is C19H38O4. The molecule has 0 bridgehead atoms.